The minimum atomic E-state index is -1.98. The standard InChI is InChI=1S/C55H95NO18/c1-3-5-7-9-11-13-15-17-19-21-23-25-27-29-31-33-43(61)56-38(39(60)32-30-28-26-24-22-20-18-16-14-12-10-8-6-4-2)37-69-53-49(67)46(64)51(41(35-58)71-53)74-55-50(68)47(65)52(42(36-59)72-55)73-54-48(66)45(63)44(62)40(34-57)70-54/h5,7,11,13,17,19,22,24,30,32,38-42,44-55,57-60,62-68H,3-4,6,8-10,12,14-16,18,20-21,23,25-29,31,33-37H2,1-2H3,(H,56,61)/b7-5-,13-11-,19-17-,24-22+,32-30+. The molecule has 3 aliphatic heterocycles. The lowest BCUT2D eigenvalue weighted by Gasteiger charge is -2.48. The maximum Gasteiger partial charge on any atom is 0.220 e. The zero-order valence-electron chi connectivity index (χ0n) is 44.0. The maximum absolute atomic E-state index is 13.3. The fourth-order valence-corrected chi connectivity index (χ4v) is 8.98. The molecule has 428 valence electrons. The van der Waals surface area contributed by atoms with E-state index in [0.29, 0.717) is 12.8 Å². The highest BCUT2D eigenvalue weighted by atomic mass is 16.8. The van der Waals surface area contributed by atoms with Gasteiger partial charge in [-0.15, -0.1) is 0 Å². The van der Waals surface area contributed by atoms with Crippen molar-refractivity contribution in [1.29, 1.82) is 0 Å². The molecule has 17 unspecified atom stereocenters. The molecule has 1 amide bonds. The summed E-state index contributed by atoms with van der Waals surface area (Å²) in [6, 6.07) is -0.999. The first-order valence-electron chi connectivity index (χ1n) is 27.5. The van der Waals surface area contributed by atoms with Crippen LogP contribution in [0.3, 0.4) is 0 Å². The molecule has 12 N–H and O–H groups in total. The number of carbonyl (C=O) groups excluding carboxylic acids is 1. The molecular weight excluding hydrogens is 963 g/mol. The summed E-state index contributed by atoms with van der Waals surface area (Å²) in [6.45, 7) is 1.53. The van der Waals surface area contributed by atoms with Crippen molar-refractivity contribution in [3.8, 4) is 0 Å². The normalized spacial score (nSPS) is 31.9. The van der Waals surface area contributed by atoms with Crippen LogP contribution in [-0.2, 0) is 33.2 Å². The molecule has 0 spiro atoms. The molecule has 0 radical (unpaired) electrons. The molecule has 0 bridgehead atoms. The van der Waals surface area contributed by atoms with Gasteiger partial charge in [-0.2, -0.15) is 0 Å². The largest absolute Gasteiger partial charge is 0.394 e. The fourth-order valence-electron chi connectivity index (χ4n) is 8.98. The number of allylic oxidation sites excluding steroid dienone is 9. The lowest BCUT2D eigenvalue weighted by molar-refractivity contribution is -0.379. The summed E-state index contributed by atoms with van der Waals surface area (Å²) in [4.78, 5) is 13.3. The molecule has 3 rings (SSSR count). The van der Waals surface area contributed by atoms with E-state index in [4.69, 9.17) is 28.4 Å². The summed E-state index contributed by atoms with van der Waals surface area (Å²) in [5.74, 6) is -0.307. The summed E-state index contributed by atoms with van der Waals surface area (Å²) in [5, 5.41) is 120. The van der Waals surface area contributed by atoms with Crippen molar-refractivity contribution in [3.63, 3.8) is 0 Å². The van der Waals surface area contributed by atoms with Gasteiger partial charge in [0.25, 0.3) is 0 Å². The number of rotatable bonds is 38. The Morgan fingerprint density at radius 1 is 0.500 bits per heavy atom. The average molecular weight is 1060 g/mol. The van der Waals surface area contributed by atoms with Gasteiger partial charge in [-0.25, -0.2) is 0 Å². The van der Waals surface area contributed by atoms with Gasteiger partial charge in [0, 0.05) is 6.42 Å². The number of hydrogen-bond acceptors (Lipinski definition) is 18. The lowest BCUT2D eigenvalue weighted by atomic mass is 9.96. The Morgan fingerprint density at radius 2 is 0.946 bits per heavy atom. The summed E-state index contributed by atoms with van der Waals surface area (Å²) >= 11 is 0. The van der Waals surface area contributed by atoms with Crippen molar-refractivity contribution in [2.45, 2.75) is 253 Å². The van der Waals surface area contributed by atoms with E-state index in [9.17, 15) is 61.0 Å². The number of amides is 1. The van der Waals surface area contributed by atoms with Gasteiger partial charge in [-0.05, 0) is 64.2 Å². The molecule has 3 saturated heterocycles. The number of ether oxygens (including phenoxy) is 6. The first kappa shape index (κ1) is 65.8. The van der Waals surface area contributed by atoms with Gasteiger partial charge >= 0.3 is 0 Å². The van der Waals surface area contributed by atoms with Crippen LogP contribution in [0.1, 0.15) is 149 Å². The molecule has 0 aromatic rings. The smallest absolute Gasteiger partial charge is 0.220 e. The van der Waals surface area contributed by atoms with E-state index in [2.05, 4.69) is 67.8 Å². The lowest BCUT2D eigenvalue weighted by Crippen LogP contribution is -2.66. The van der Waals surface area contributed by atoms with Crippen molar-refractivity contribution in [3.05, 3.63) is 60.8 Å². The molecule has 3 heterocycles. The van der Waals surface area contributed by atoms with E-state index >= 15 is 0 Å². The molecule has 0 aromatic heterocycles. The van der Waals surface area contributed by atoms with Crippen molar-refractivity contribution < 1.29 is 89.4 Å². The third kappa shape index (κ3) is 23.6. The second kappa shape index (κ2) is 38.9. The highest BCUT2D eigenvalue weighted by Crippen LogP contribution is 2.33. The third-order valence-corrected chi connectivity index (χ3v) is 13.5. The number of aliphatic hydroxyl groups is 11. The van der Waals surface area contributed by atoms with Crippen LogP contribution in [0.2, 0.25) is 0 Å². The summed E-state index contributed by atoms with van der Waals surface area (Å²) in [5.41, 5.74) is 0. The summed E-state index contributed by atoms with van der Waals surface area (Å²) in [6.07, 6.45) is 15.0. The van der Waals surface area contributed by atoms with E-state index in [1.54, 1.807) is 6.08 Å². The topological polar surface area (TPSA) is 307 Å². The molecule has 3 fully saturated rings. The monoisotopic (exact) mass is 1060 g/mol. The highest BCUT2D eigenvalue weighted by Gasteiger charge is 2.53. The van der Waals surface area contributed by atoms with Crippen LogP contribution >= 0.6 is 0 Å². The Morgan fingerprint density at radius 3 is 1.51 bits per heavy atom. The van der Waals surface area contributed by atoms with E-state index in [0.717, 1.165) is 70.6 Å². The minimum Gasteiger partial charge on any atom is -0.394 e. The Balaban J connectivity index is 1.56. The Hall–Kier alpha value is -2.51. The minimum absolute atomic E-state index is 0.213. The van der Waals surface area contributed by atoms with Gasteiger partial charge in [0.2, 0.25) is 5.91 Å². The van der Waals surface area contributed by atoms with E-state index in [-0.39, 0.29) is 18.9 Å². The van der Waals surface area contributed by atoms with Gasteiger partial charge in [0.15, 0.2) is 18.9 Å². The summed E-state index contributed by atoms with van der Waals surface area (Å²) < 4.78 is 34.1. The van der Waals surface area contributed by atoms with Crippen LogP contribution in [0, 0.1) is 0 Å². The SMILES string of the molecule is CC/C=C\C/C=C\C/C=C\CCCCCCCC(=O)NC(COC1OC(CO)C(OC2OC(CO)C(OC3OC(CO)C(O)C(O)C3O)C(O)C2O)C(O)C1O)C(O)/C=C/CC/C=C/CCCCCCCCCC. The molecule has 19 nitrogen and oxygen atoms in total. The number of hydrogen-bond donors (Lipinski definition) is 12. The third-order valence-electron chi connectivity index (χ3n) is 13.5. The first-order chi connectivity index (χ1) is 35.8. The van der Waals surface area contributed by atoms with E-state index in [1.807, 2.05) is 6.08 Å². The second-order valence-electron chi connectivity index (χ2n) is 19.7. The van der Waals surface area contributed by atoms with Crippen LogP contribution in [0.25, 0.3) is 0 Å². The van der Waals surface area contributed by atoms with Crippen LogP contribution in [0.5, 0.6) is 0 Å². The number of unbranched alkanes of at least 4 members (excludes halogenated alkanes) is 14. The predicted octanol–water partition coefficient (Wildman–Crippen LogP) is 3.31. The fraction of sp³-hybridized carbons (Fsp3) is 0.800. The molecule has 3 aliphatic rings. The van der Waals surface area contributed by atoms with E-state index < -0.39 is 124 Å². The van der Waals surface area contributed by atoms with Crippen LogP contribution in [0.15, 0.2) is 60.8 Å². The summed E-state index contributed by atoms with van der Waals surface area (Å²) in [7, 11) is 0. The Bertz CT molecular complexity index is 1590. The molecule has 0 aromatic carbocycles. The van der Waals surface area contributed by atoms with Gasteiger partial charge in [-0.3, -0.25) is 4.79 Å². The first-order valence-corrected chi connectivity index (χ1v) is 27.5. The zero-order chi connectivity index (χ0) is 54.1. The van der Waals surface area contributed by atoms with Crippen molar-refractivity contribution in [1.82, 2.24) is 5.32 Å². The second-order valence-corrected chi connectivity index (χ2v) is 19.7. The van der Waals surface area contributed by atoms with Crippen LogP contribution in [0.4, 0.5) is 0 Å². The number of aliphatic hydroxyl groups excluding tert-OH is 11. The van der Waals surface area contributed by atoms with E-state index in [1.165, 1.54) is 44.9 Å². The van der Waals surface area contributed by atoms with Crippen molar-refractivity contribution in [2.75, 3.05) is 26.4 Å². The van der Waals surface area contributed by atoms with Crippen molar-refractivity contribution >= 4 is 5.91 Å². The number of nitrogens with one attached hydrogen (secondary N) is 1. The van der Waals surface area contributed by atoms with Gasteiger partial charge < -0.3 is 89.9 Å². The van der Waals surface area contributed by atoms with Crippen LogP contribution < -0.4 is 5.32 Å². The van der Waals surface area contributed by atoms with Crippen LogP contribution in [-0.4, -0.2) is 193 Å². The molecule has 0 aliphatic carbocycles. The molecular formula is C55H95NO18. The zero-order valence-corrected chi connectivity index (χ0v) is 44.0. The molecule has 17 atom stereocenters. The molecule has 0 saturated carbocycles. The predicted molar refractivity (Wildman–Crippen MR) is 277 cm³/mol. The van der Waals surface area contributed by atoms with Crippen molar-refractivity contribution in [2.24, 2.45) is 0 Å². The molecule has 74 heavy (non-hydrogen) atoms. The van der Waals surface area contributed by atoms with Gasteiger partial charge in [0.1, 0.15) is 73.2 Å². The number of carbonyl (C=O) groups is 1. The Labute approximate surface area is 439 Å². The highest BCUT2D eigenvalue weighted by molar-refractivity contribution is 5.76. The quantitative estimate of drug-likeness (QED) is 0.0312. The average Bonchev–Trinajstić information content (AvgIpc) is 3.40. The van der Waals surface area contributed by atoms with Gasteiger partial charge in [-0.1, -0.05) is 139 Å². The maximum atomic E-state index is 13.3. The molecule has 19 heteroatoms. The van der Waals surface area contributed by atoms with Gasteiger partial charge in [0.05, 0.1) is 38.6 Å². The Kier molecular flexibility index (Phi) is 34.6.